The Balaban J connectivity index is 1.35. The molecule has 3 atom stereocenters. The third-order valence-electron chi connectivity index (χ3n) is 6.79. The second-order valence-corrected chi connectivity index (χ2v) is 11.8. The van der Waals surface area contributed by atoms with Crippen molar-refractivity contribution < 1.29 is 19.2 Å². The van der Waals surface area contributed by atoms with Gasteiger partial charge in [-0.1, -0.05) is 27.7 Å². The Kier molecular flexibility index (Phi) is 5.81. The van der Waals surface area contributed by atoms with Gasteiger partial charge in [0.1, 0.15) is 12.1 Å². The van der Waals surface area contributed by atoms with Gasteiger partial charge in [-0.05, 0) is 67.4 Å². The van der Waals surface area contributed by atoms with E-state index in [4.69, 9.17) is 0 Å². The minimum Gasteiger partial charge on any atom is -0.323 e. The fourth-order valence-electron chi connectivity index (χ4n) is 5.84. The molecule has 2 heterocycles. The molecular formula is C23H32N4O4S. The van der Waals surface area contributed by atoms with Gasteiger partial charge in [0.25, 0.3) is 17.7 Å². The number of fused-ring (bicyclic) bond motifs is 1. The zero-order valence-corrected chi connectivity index (χ0v) is 20.0. The van der Waals surface area contributed by atoms with Crippen LogP contribution in [-0.2, 0) is 22.4 Å². The quantitative estimate of drug-likeness (QED) is 0.476. The predicted octanol–water partition coefficient (Wildman–Crippen LogP) is 2.77. The lowest BCUT2D eigenvalue weighted by atomic mass is 9.64. The molecule has 1 aromatic rings. The van der Waals surface area contributed by atoms with E-state index in [1.807, 2.05) is 6.07 Å². The Hall–Kier alpha value is -2.42. The molecule has 2 fully saturated rings. The van der Waals surface area contributed by atoms with Crippen LogP contribution in [-0.4, -0.2) is 40.7 Å². The summed E-state index contributed by atoms with van der Waals surface area (Å²) >= 11 is 1.45. The van der Waals surface area contributed by atoms with Gasteiger partial charge in [-0.25, -0.2) is 4.79 Å². The molecule has 9 heteroatoms. The van der Waals surface area contributed by atoms with Gasteiger partial charge in [0.15, 0.2) is 0 Å². The first-order chi connectivity index (χ1) is 15.0. The number of urea groups is 1. The number of aryl methyl sites for hydroxylation is 1. The molecule has 2 aliphatic carbocycles. The highest BCUT2D eigenvalue weighted by atomic mass is 32.1. The zero-order chi connectivity index (χ0) is 23.3. The van der Waals surface area contributed by atoms with Gasteiger partial charge in [-0.15, -0.1) is 11.3 Å². The number of hydrogen-bond donors (Lipinski definition) is 3. The van der Waals surface area contributed by atoms with Crippen LogP contribution in [0.3, 0.4) is 0 Å². The lowest BCUT2D eigenvalue weighted by Crippen LogP contribution is -2.54. The Labute approximate surface area is 192 Å². The number of carbonyl (C=O) groups is 4. The number of nitrogens with zero attached hydrogens (tertiary/aromatic N) is 1. The highest BCUT2D eigenvalue weighted by Crippen LogP contribution is 2.46. The van der Waals surface area contributed by atoms with Gasteiger partial charge in [0.05, 0.1) is 4.88 Å². The maximum absolute atomic E-state index is 13.1. The third kappa shape index (κ3) is 4.40. The summed E-state index contributed by atoms with van der Waals surface area (Å²) in [5.41, 5.74) is 4.94. The molecule has 5 amide bonds. The summed E-state index contributed by atoms with van der Waals surface area (Å²) in [5.74, 6) is -0.462. The molecule has 0 bridgehead atoms. The van der Waals surface area contributed by atoms with Gasteiger partial charge in [-0.3, -0.25) is 30.1 Å². The third-order valence-corrected chi connectivity index (χ3v) is 8.03. The van der Waals surface area contributed by atoms with Crippen LogP contribution in [0.1, 0.15) is 73.5 Å². The van der Waals surface area contributed by atoms with Crippen molar-refractivity contribution in [3.63, 3.8) is 0 Å². The standard InChI is InChI=1S/C23H32N4O4S/c1-13-5-6-16-15(7-13)8-17(32-16)19(29)26-25-18(28)11-27-20(30)23(24-21(27)31)10-14(2)9-22(3,4)12-23/h8,13-14H,5-7,9-12H2,1-4H3,(H,24,31)(H,25,28)(H,26,29). The maximum atomic E-state index is 13.1. The number of hydrazine groups is 1. The SMILES string of the molecule is CC1CCc2sc(C(=O)NNC(=O)CN3C(=O)NC4(CC(C)CC(C)(C)C4)C3=O)cc2C1. The first-order valence-corrected chi connectivity index (χ1v) is 12.1. The number of carbonyl (C=O) groups excluding carboxylic acids is 4. The number of imide groups is 1. The largest absolute Gasteiger partial charge is 0.325 e. The van der Waals surface area contributed by atoms with E-state index in [0.717, 1.165) is 30.6 Å². The van der Waals surface area contributed by atoms with Crippen molar-refractivity contribution in [2.45, 2.75) is 71.8 Å². The second kappa shape index (κ2) is 8.17. The average molecular weight is 461 g/mol. The van der Waals surface area contributed by atoms with Crippen LogP contribution in [0.4, 0.5) is 4.79 Å². The molecule has 32 heavy (non-hydrogen) atoms. The van der Waals surface area contributed by atoms with Crippen molar-refractivity contribution in [3.8, 4) is 0 Å². The summed E-state index contributed by atoms with van der Waals surface area (Å²) in [6, 6.07) is 1.34. The lowest BCUT2D eigenvalue weighted by molar-refractivity contribution is -0.137. The summed E-state index contributed by atoms with van der Waals surface area (Å²) in [6.45, 7) is 8.04. The van der Waals surface area contributed by atoms with E-state index in [2.05, 4.69) is 43.9 Å². The highest BCUT2D eigenvalue weighted by molar-refractivity contribution is 7.14. The van der Waals surface area contributed by atoms with Crippen LogP contribution in [0.2, 0.25) is 0 Å². The van der Waals surface area contributed by atoms with Gasteiger partial charge >= 0.3 is 6.03 Å². The summed E-state index contributed by atoms with van der Waals surface area (Å²) < 4.78 is 0. The molecule has 3 N–H and O–H groups in total. The van der Waals surface area contributed by atoms with Gasteiger partial charge in [0, 0.05) is 4.88 Å². The van der Waals surface area contributed by atoms with E-state index in [0.29, 0.717) is 23.6 Å². The fourth-order valence-corrected chi connectivity index (χ4v) is 6.94. The van der Waals surface area contributed by atoms with Crippen molar-refractivity contribution in [1.82, 2.24) is 21.1 Å². The van der Waals surface area contributed by atoms with Crippen LogP contribution in [0.15, 0.2) is 6.07 Å². The fraction of sp³-hybridized carbons (Fsp3) is 0.652. The highest BCUT2D eigenvalue weighted by Gasteiger charge is 2.56. The monoisotopic (exact) mass is 460 g/mol. The minimum absolute atomic E-state index is 0.0789. The first-order valence-electron chi connectivity index (χ1n) is 11.3. The van der Waals surface area contributed by atoms with Crippen molar-refractivity contribution in [2.75, 3.05) is 6.54 Å². The molecule has 3 aliphatic rings. The number of hydrogen-bond acceptors (Lipinski definition) is 5. The van der Waals surface area contributed by atoms with Gasteiger partial charge in [-0.2, -0.15) is 0 Å². The lowest BCUT2D eigenvalue weighted by Gasteiger charge is -2.43. The average Bonchev–Trinajstić information content (AvgIpc) is 3.19. The maximum Gasteiger partial charge on any atom is 0.325 e. The van der Waals surface area contributed by atoms with Crippen LogP contribution in [0.5, 0.6) is 0 Å². The molecule has 0 radical (unpaired) electrons. The van der Waals surface area contributed by atoms with E-state index in [1.165, 1.54) is 21.8 Å². The first kappa shape index (κ1) is 22.8. The summed E-state index contributed by atoms with van der Waals surface area (Å²) in [6.07, 6.45) is 5.16. The molecule has 1 aliphatic heterocycles. The van der Waals surface area contributed by atoms with Crippen molar-refractivity contribution in [1.29, 1.82) is 0 Å². The Morgan fingerprint density at radius 2 is 1.94 bits per heavy atom. The molecule has 174 valence electrons. The molecule has 1 saturated carbocycles. The van der Waals surface area contributed by atoms with E-state index in [9.17, 15) is 19.2 Å². The molecule has 3 unspecified atom stereocenters. The number of thiophene rings is 1. The number of amides is 5. The molecule has 8 nitrogen and oxygen atoms in total. The zero-order valence-electron chi connectivity index (χ0n) is 19.2. The summed E-state index contributed by atoms with van der Waals surface area (Å²) in [4.78, 5) is 53.3. The molecule has 4 rings (SSSR count). The van der Waals surface area contributed by atoms with Crippen LogP contribution < -0.4 is 16.2 Å². The van der Waals surface area contributed by atoms with E-state index in [-0.39, 0.29) is 23.1 Å². The molecule has 1 aromatic heterocycles. The number of rotatable bonds is 3. The van der Waals surface area contributed by atoms with Crippen molar-refractivity contribution >= 4 is 35.1 Å². The predicted molar refractivity (Wildman–Crippen MR) is 121 cm³/mol. The smallest absolute Gasteiger partial charge is 0.323 e. The number of nitrogens with one attached hydrogen (secondary N) is 3. The Morgan fingerprint density at radius 1 is 1.19 bits per heavy atom. The molecule has 1 saturated heterocycles. The van der Waals surface area contributed by atoms with Gasteiger partial charge < -0.3 is 5.32 Å². The molecule has 1 spiro atoms. The minimum atomic E-state index is -0.949. The van der Waals surface area contributed by atoms with E-state index < -0.39 is 24.0 Å². The van der Waals surface area contributed by atoms with Crippen LogP contribution in [0, 0.1) is 17.3 Å². The molecule has 0 aromatic carbocycles. The van der Waals surface area contributed by atoms with Crippen molar-refractivity contribution in [2.24, 2.45) is 17.3 Å². The Morgan fingerprint density at radius 3 is 2.66 bits per heavy atom. The normalized spacial score (nSPS) is 28.9. The second-order valence-electron chi connectivity index (χ2n) is 10.7. The Bertz CT molecular complexity index is 971. The van der Waals surface area contributed by atoms with E-state index >= 15 is 0 Å². The van der Waals surface area contributed by atoms with Crippen molar-refractivity contribution in [3.05, 3.63) is 21.4 Å². The van der Waals surface area contributed by atoms with Crippen LogP contribution >= 0.6 is 11.3 Å². The van der Waals surface area contributed by atoms with Crippen LogP contribution in [0.25, 0.3) is 0 Å². The topological polar surface area (TPSA) is 108 Å². The van der Waals surface area contributed by atoms with Gasteiger partial charge in [0.2, 0.25) is 0 Å². The summed E-state index contributed by atoms with van der Waals surface area (Å²) in [5, 5.41) is 2.85. The molecular weight excluding hydrogens is 428 g/mol. The van der Waals surface area contributed by atoms with E-state index in [1.54, 1.807) is 0 Å². The summed E-state index contributed by atoms with van der Waals surface area (Å²) in [7, 11) is 0.